The monoisotopic (exact) mass is 319 g/mol. The molecular weight excluding hydrogens is 302 g/mol. The van der Waals surface area contributed by atoms with Crippen molar-refractivity contribution < 1.29 is 17.9 Å². The lowest BCUT2D eigenvalue weighted by atomic mass is 10.2. The smallest absolute Gasteiger partial charge is 0.263 e. The molecule has 0 aromatic carbocycles. The van der Waals surface area contributed by atoms with Crippen molar-refractivity contribution in [2.45, 2.75) is 25.9 Å². The molecule has 1 saturated heterocycles. The minimum Gasteiger partial charge on any atom is -0.376 e. The third-order valence-corrected chi connectivity index (χ3v) is 4.55. The summed E-state index contributed by atoms with van der Waals surface area (Å²) < 4.78 is 29.9. The van der Waals surface area contributed by atoms with Crippen LogP contribution in [0.1, 0.15) is 28.2 Å². The number of aromatic nitrogens is 1. The Morgan fingerprint density at radius 2 is 2.30 bits per heavy atom. The van der Waals surface area contributed by atoms with Crippen LogP contribution < -0.4 is 10.0 Å². The summed E-state index contributed by atoms with van der Waals surface area (Å²) in [5.41, 5.74) is 0.506. The predicted molar refractivity (Wildman–Crippen MR) is 76.6 cm³/mol. The molecule has 2 N–H and O–H groups in total. The first-order valence-electron chi connectivity index (χ1n) is 6.20. The van der Waals surface area contributed by atoms with Crippen molar-refractivity contribution in [1.82, 2.24) is 10.3 Å². The summed E-state index contributed by atoms with van der Waals surface area (Å²) in [6, 6.07) is 0. The lowest BCUT2D eigenvalue weighted by Gasteiger charge is -2.09. The summed E-state index contributed by atoms with van der Waals surface area (Å²) in [5.74, 6) is -0.253. The number of amides is 1. The van der Waals surface area contributed by atoms with E-state index < -0.39 is 10.0 Å². The Balaban J connectivity index is 1.98. The van der Waals surface area contributed by atoms with E-state index >= 15 is 0 Å². The number of hydrogen-bond acceptors (Lipinski definition) is 6. The molecule has 0 bridgehead atoms. The topological polar surface area (TPSA) is 97.4 Å². The maximum Gasteiger partial charge on any atom is 0.263 e. The average Bonchev–Trinajstić information content (AvgIpc) is 2.93. The lowest BCUT2D eigenvalue weighted by Crippen LogP contribution is -2.31. The van der Waals surface area contributed by atoms with Gasteiger partial charge in [0.25, 0.3) is 5.91 Å². The van der Waals surface area contributed by atoms with Crippen molar-refractivity contribution in [1.29, 1.82) is 0 Å². The number of rotatable bonds is 5. The van der Waals surface area contributed by atoms with E-state index in [1.807, 2.05) is 0 Å². The Kier molecular flexibility index (Phi) is 4.61. The highest BCUT2D eigenvalue weighted by atomic mass is 32.2. The van der Waals surface area contributed by atoms with Gasteiger partial charge in [-0.05, 0) is 19.8 Å². The van der Waals surface area contributed by atoms with E-state index in [4.69, 9.17) is 4.74 Å². The molecule has 1 aliphatic heterocycles. The molecule has 2 heterocycles. The fourth-order valence-electron chi connectivity index (χ4n) is 1.90. The molecule has 0 saturated carbocycles. The first kappa shape index (κ1) is 15.2. The van der Waals surface area contributed by atoms with Gasteiger partial charge in [0.2, 0.25) is 10.0 Å². The lowest BCUT2D eigenvalue weighted by molar-refractivity contribution is 0.0860. The molecular formula is C11H17N3O4S2. The first-order chi connectivity index (χ1) is 9.35. The van der Waals surface area contributed by atoms with Crippen molar-refractivity contribution in [3.05, 3.63) is 10.6 Å². The normalized spacial score (nSPS) is 19.0. The van der Waals surface area contributed by atoms with E-state index in [1.54, 1.807) is 6.92 Å². The quantitative estimate of drug-likeness (QED) is 0.834. The molecule has 0 radical (unpaired) electrons. The van der Waals surface area contributed by atoms with E-state index in [0.717, 1.165) is 37.0 Å². The first-order valence-corrected chi connectivity index (χ1v) is 8.91. The van der Waals surface area contributed by atoms with Gasteiger partial charge in [0, 0.05) is 13.2 Å². The number of hydrogen-bond donors (Lipinski definition) is 2. The number of sulfonamides is 1. The van der Waals surface area contributed by atoms with Crippen LogP contribution in [0.5, 0.6) is 0 Å². The van der Waals surface area contributed by atoms with Crippen molar-refractivity contribution in [3.63, 3.8) is 0 Å². The van der Waals surface area contributed by atoms with E-state index in [1.165, 1.54) is 0 Å². The molecule has 20 heavy (non-hydrogen) atoms. The van der Waals surface area contributed by atoms with Crippen LogP contribution in [0.25, 0.3) is 0 Å². The van der Waals surface area contributed by atoms with Gasteiger partial charge in [-0.15, -0.1) is 0 Å². The van der Waals surface area contributed by atoms with Crippen LogP contribution in [0.15, 0.2) is 0 Å². The summed E-state index contributed by atoms with van der Waals surface area (Å²) in [4.78, 5) is 16.5. The zero-order valence-electron chi connectivity index (χ0n) is 11.3. The molecule has 9 heteroatoms. The Bertz CT molecular complexity index is 591. The number of ether oxygens (including phenoxy) is 1. The van der Waals surface area contributed by atoms with Gasteiger partial charge in [-0.2, -0.15) is 0 Å². The summed E-state index contributed by atoms with van der Waals surface area (Å²) >= 11 is 1.02. The number of nitrogens with one attached hydrogen (secondary N) is 2. The Morgan fingerprint density at radius 1 is 1.55 bits per heavy atom. The van der Waals surface area contributed by atoms with Crippen LogP contribution in [0.2, 0.25) is 0 Å². The molecule has 1 aliphatic rings. The maximum absolute atomic E-state index is 12.0. The third kappa shape index (κ3) is 4.15. The Labute approximate surface area is 121 Å². The molecule has 1 atom stereocenters. The molecule has 7 nitrogen and oxygen atoms in total. The molecule has 0 spiro atoms. The molecule has 112 valence electrons. The van der Waals surface area contributed by atoms with Crippen molar-refractivity contribution in [2.24, 2.45) is 0 Å². The minimum absolute atomic E-state index is 0.0702. The van der Waals surface area contributed by atoms with Crippen molar-refractivity contribution >= 4 is 32.4 Å². The zero-order chi connectivity index (χ0) is 14.8. The molecule has 1 aromatic heterocycles. The van der Waals surface area contributed by atoms with Gasteiger partial charge in [0.1, 0.15) is 4.88 Å². The highest BCUT2D eigenvalue weighted by molar-refractivity contribution is 7.92. The van der Waals surface area contributed by atoms with Gasteiger partial charge in [0.15, 0.2) is 5.13 Å². The molecule has 0 aliphatic carbocycles. The number of nitrogens with zero attached hydrogens (tertiary/aromatic N) is 1. The van der Waals surface area contributed by atoms with Crippen LogP contribution in [0, 0.1) is 6.92 Å². The highest BCUT2D eigenvalue weighted by Gasteiger charge is 2.20. The van der Waals surface area contributed by atoms with E-state index in [0.29, 0.717) is 17.1 Å². The summed E-state index contributed by atoms with van der Waals surface area (Å²) in [5, 5.41) is 2.99. The molecule has 1 amide bonds. The zero-order valence-corrected chi connectivity index (χ0v) is 12.9. The third-order valence-electron chi connectivity index (χ3n) is 2.79. The Morgan fingerprint density at radius 3 is 2.90 bits per heavy atom. The van der Waals surface area contributed by atoms with Crippen LogP contribution >= 0.6 is 11.3 Å². The second-order valence-corrected chi connectivity index (χ2v) is 7.40. The fourth-order valence-corrected chi connectivity index (χ4v) is 3.62. The van der Waals surface area contributed by atoms with E-state index in [-0.39, 0.29) is 17.1 Å². The summed E-state index contributed by atoms with van der Waals surface area (Å²) in [7, 11) is -3.39. The number of anilines is 1. The summed E-state index contributed by atoms with van der Waals surface area (Å²) in [6.07, 6.45) is 3.08. The number of thiazole rings is 1. The second-order valence-electron chi connectivity index (χ2n) is 4.65. The number of aryl methyl sites for hydroxylation is 1. The van der Waals surface area contributed by atoms with Gasteiger partial charge in [-0.1, -0.05) is 11.3 Å². The largest absolute Gasteiger partial charge is 0.376 e. The number of carbonyl (C=O) groups excluding carboxylic acids is 1. The highest BCUT2D eigenvalue weighted by Crippen LogP contribution is 2.23. The molecule has 1 aromatic rings. The van der Waals surface area contributed by atoms with Crippen molar-refractivity contribution in [3.8, 4) is 0 Å². The summed E-state index contributed by atoms with van der Waals surface area (Å²) in [6.45, 7) is 2.87. The van der Waals surface area contributed by atoms with Gasteiger partial charge in [-0.3, -0.25) is 9.52 Å². The van der Waals surface area contributed by atoms with Gasteiger partial charge >= 0.3 is 0 Å². The molecule has 0 unspecified atom stereocenters. The van der Waals surface area contributed by atoms with Gasteiger partial charge < -0.3 is 10.1 Å². The van der Waals surface area contributed by atoms with Crippen LogP contribution in [-0.2, 0) is 14.8 Å². The van der Waals surface area contributed by atoms with Gasteiger partial charge in [0.05, 0.1) is 18.1 Å². The maximum atomic E-state index is 12.0. The van der Waals surface area contributed by atoms with E-state index in [9.17, 15) is 13.2 Å². The molecule has 2 rings (SSSR count). The second kappa shape index (κ2) is 6.06. The average molecular weight is 319 g/mol. The SMILES string of the molecule is Cc1nc(NS(C)(=O)=O)sc1C(=O)NC[C@H]1CCCO1. The molecule has 1 fully saturated rings. The fraction of sp³-hybridized carbons (Fsp3) is 0.636. The van der Waals surface area contributed by atoms with Crippen LogP contribution in [0.3, 0.4) is 0 Å². The Hall–Kier alpha value is -1.19. The standard InChI is InChI=1S/C11H17N3O4S2/c1-7-9(19-11(13-7)14-20(2,16)17)10(15)12-6-8-4-3-5-18-8/h8H,3-6H2,1-2H3,(H,12,15)(H,13,14)/t8-/m1/s1. The van der Waals surface area contributed by atoms with Gasteiger partial charge in [-0.25, -0.2) is 13.4 Å². The predicted octanol–water partition coefficient (Wildman–Crippen LogP) is 0.732. The van der Waals surface area contributed by atoms with E-state index in [2.05, 4.69) is 15.0 Å². The minimum atomic E-state index is -3.39. The number of carbonyl (C=O) groups is 1. The van der Waals surface area contributed by atoms with Crippen LogP contribution in [-0.4, -0.2) is 44.8 Å². The van der Waals surface area contributed by atoms with Crippen molar-refractivity contribution in [2.75, 3.05) is 24.1 Å². The van der Waals surface area contributed by atoms with Crippen LogP contribution in [0.4, 0.5) is 5.13 Å².